The number of Topliss-reactive ketones (excluding diaryl/α,β-unsaturated/α-hetero) is 1. The van der Waals surface area contributed by atoms with E-state index < -0.39 is 46.4 Å². The molecule has 3 aliphatic rings. The van der Waals surface area contributed by atoms with Gasteiger partial charge in [0.25, 0.3) is 5.69 Å². The number of nitro benzene ring substituents is 1. The molecule has 3 aromatic carbocycles. The molecule has 178 valence electrons. The quantitative estimate of drug-likeness (QED) is 0.224. The van der Waals surface area contributed by atoms with E-state index in [1.54, 1.807) is 35.4 Å². The van der Waals surface area contributed by atoms with Gasteiger partial charge in [0.2, 0.25) is 11.8 Å². The highest BCUT2D eigenvalue weighted by Gasteiger charge is 2.64. The molecule has 9 heteroatoms. The standard InChI is InChI=1S/C27H18ClN3O5/c28-17-7-4-8-18(14-17)30-26(33)21-22(27(30)34)24(25(32)16-6-3-9-19(13-16)31(35)36)29-12-11-15-5-1-2-10-20(15)23(21)29/h1-14,21-24H/t21-,22+,23?,24-/m0/s1. The molecule has 3 aromatic rings. The number of ketones is 1. The van der Waals surface area contributed by atoms with Crippen molar-refractivity contribution in [3.8, 4) is 0 Å². The van der Waals surface area contributed by atoms with Gasteiger partial charge in [-0.2, -0.15) is 0 Å². The van der Waals surface area contributed by atoms with Gasteiger partial charge in [-0.1, -0.05) is 54.1 Å². The van der Waals surface area contributed by atoms with Crippen LogP contribution in [0.25, 0.3) is 6.08 Å². The van der Waals surface area contributed by atoms with Gasteiger partial charge >= 0.3 is 0 Å². The second-order valence-corrected chi connectivity index (χ2v) is 9.43. The van der Waals surface area contributed by atoms with E-state index in [-0.39, 0.29) is 11.3 Å². The Kier molecular flexibility index (Phi) is 5.01. The van der Waals surface area contributed by atoms with Crippen LogP contribution in [0.5, 0.6) is 0 Å². The minimum Gasteiger partial charge on any atom is -0.358 e. The lowest BCUT2D eigenvalue weighted by atomic mass is 9.83. The van der Waals surface area contributed by atoms with Crippen LogP contribution in [0.1, 0.15) is 27.5 Å². The maximum Gasteiger partial charge on any atom is 0.270 e. The zero-order chi connectivity index (χ0) is 25.1. The highest BCUT2D eigenvalue weighted by Crippen LogP contribution is 2.53. The second-order valence-electron chi connectivity index (χ2n) is 9.00. The monoisotopic (exact) mass is 499 g/mol. The fraction of sp³-hybridized carbons (Fsp3) is 0.148. The highest BCUT2D eigenvalue weighted by molar-refractivity contribution is 6.31. The zero-order valence-corrected chi connectivity index (χ0v) is 19.4. The number of carbonyl (C=O) groups is 3. The Hall–Kier alpha value is -4.30. The van der Waals surface area contributed by atoms with Crippen LogP contribution in [0.4, 0.5) is 11.4 Å². The molecule has 4 atom stereocenters. The fourth-order valence-electron chi connectivity index (χ4n) is 5.67. The number of nitrogens with zero attached hydrogens (tertiary/aromatic N) is 3. The molecule has 0 spiro atoms. The minimum absolute atomic E-state index is 0.113. The molecule has 0 N–H and O–H groups in total. The molecule has 3 heterocycles. The number of rotatable bonds is 4. The zero-order valence-electron chi connectivity index (χ0n) is 18.7. The predicted molar refractivity (Wildman–Crippen MR) is 132 cm³/mol. The van der Waals surface area contributed by atoms with Gasteiger partial charge in [0, 0.05) is 28.9 Å². The molecule has 0 aliphatic carbocycles. The number of nitro groups is 1. The third-order valence-corrected chi connectivity index (χ3v) is 7.37. The van der Waals surface area contributed by atoms with Crippen LogP contribution in [0.15, 0.2) is 79.0 Å². The smallest absolute Gasteiger partial charge is 0.270 e. The van der Waals surface area contributed by atoms with Crippen molar-refractivity contribution in [2.24, 2.45) is 11.8 Å². The second kappa shape index (κ2) is 8.13. The average molecular weight is 500 g/mol. The van der Waals surface area contributed by atoms with Crippen molar-refractivity contribution >= 4 is 46.6 Å². The number of imide groups is 1. The number of hydrogen-bond acceptors (Lipinski definition) is 6. The normalized spacial score (nSPS) is 23.9. The van der Waals surface area contributed by atoms with Gasteiger partial charge in [0.1, 0.15) is 6.04 Å². The van der Waals surface area contributed by atoms with Crippen molar-refractivity contribution in [3.05, 3.63) is 111 Å². The van der Waals surface area contributed by atoms with Crippen LogP contribution in [-0.4, -0.2) is 33.5 Å². The summed E-state index contributed by atoms with van der Waals surface area (Å²) >= 11 is 6.14. The fourth-order valence-corrected chi connectivity index (χ4v) is 5.85. The Labute approximate surface area is 210 Å². The lowest BCUT2D eigenvalue weighted by molar-refractivity contribution is -0.384. The van der Waals surface area contributed by atoms with E-state index in [1.165, 1.54) is 24.3 Å². The van der Waals surface area contributed by atoms with Crippen LogP contribution >= 0.6 is 11.6 Å². The summed E-state index contributed by atoms with van der Waals surface area (Å²) in [4.78, 5) is 55.2. The van der Waals surface area contributed by atoms with Crippen molar-refractivity contribution < 1.29 is 19.3 Å². The summed E-state index contributed by atoms with van der Waals surface area (Å²) in [5, 5.41) is 11.7. The van der Waals surface area contributed by atoms with E-state index in [1.807, 2.05) is 30.3 Å². The van der Waals surface area contributed by atoms with Crippen LogP contribution in [0.3, 0.4) is 0 Å². The SMILES string of the molecule is O=C(c1cccc([N+](=O)[O-])c1)[C@@H]1[C@@H]2C(=O)N(c3cccc(Cl)c3)C(=O)[C@@H]2C2c3ccccc3C=CN21. The van der Waals surface area contributed by atoms with E-state index in [4.69, 9.17) is 11.6 Å². The Morgan fingerprint density at radius 2 is 1.67 bits per heavy atom. The molecule has 1 unspecified atom stereocenters. The van der Waals surface area contributed by atoms with Crippen molar-refractivity contribution in [2.75, 3.05) is 4.90 Å². The number of amides is 2. The van der Waals surface area contributed by atoms with Crippen LogP contribution in [-0.2, 0) is 9.59 Å². The van der Waals surface area contributed by atoms with E-state index >= 15 is 0 Å². The number of benzene rings is 3. The number of fused-ring (bicyclic) bond motifs is 5. The summed E-state index contributed by atoms with van der Waals surface area (Å²) in [5.41, 5.74) is 1.99. The molecular weight excluding hydrogens is 482 g/mol. The topological polar surface area (TPSA) is 101 Å². The molecule has 2 fully saturated rings. The first-order valence-electron chi connectivity index (χ1n) is 11.3. The van der Waals surface area contributed by atoms with Crippen molar-refractivity contribution in [1.29, 1.82) is 0 Å². The first kappa shape index (κ1) is 22.2. The molecule has 0 radical (unpaired) electrons. The third kappa shape index (κ3) is 3.18. The molecule has 2 saturated heterocycles. The Bertz CT molecular complexity index is 1500. The lowest BCUT2D eigenvalue weighted by Crippen LogP contribution is -2.44. The Balaban J connectivity index is 1.50. The van der Waals surface area contributed by atoms with Gasteiger partial charge in [-0.3, -0.25) is 24.5 Å². The molecule has 36 heavy (non-hydrogen) atoms. The Morgan fingerprint density at radius 1 is 0.917 bits per heavy atom. The van der Waals surface area contributed by atoms with Crippen LogP contribution in [0.2, 0.25) is 5.02 Å². The largest absolute Gasteiger partial charge is 0.358 e. The summed E-state index contributed by atoms with van der Waals surface area (Å²) in [6.45, 7) is 0. The van der Waals surface area contributed by atoms with E-state index in [0.717, 1.165) is 16.0 Å². The van der Waals surface area contributed by atoms with Gasteiger partial charge in [-0.25, -0.2) is 4.90 Å². The molecule has 0 saturated carbocycles. The van der Waals surface area contributed by atoms with Gasteiger partial charge in [-0.05, 0) is 35.4 Å². The van der Waals surface area contributed by atoms with Gasteiger partial charge in [0.15, 0.2) is 5.78 Å². The van der Waals surface area contributed by atoms with E-state index in [0.29, 0.717) is 10.7 Å². The number of carbonyl (C=O) groups excluding carboxylic acids is 3. The molecule has 0 aromatic heterocycles. The maximum atomic E-state index is 13.9. The number of anilines is 1. The molecule has 6 rings (SSSR count). The summed E-state index contributed by atoms with van der Waals surface area (Å²) in [7, 11) is 0. The first-order valence-corrected chi connectivity index (χ1v) is 11.7. The summed E-state index contributed by atoms with van der Waals surface area (Å²) in [6, 6.07) is 17.9. The predicted octanol–water partition coefficient (Wildman–Crippen LogP) is 4.65. The number of halogens is 1. The van der Waals surface area contributed by atoms with Gasteiger partial charge in [0.05, 0.1) is 28.5 Å². The highest BCUT2D eigenvalue weighted by atomic mass is 35.5. The summed E-state index contributed by atoms with van der Waals surface area (Å²) < 4.78 is 0. The van der Waals surface area contributed by atoms with Crippen molar-refractivity contribution in [2.45, 2.75) is 12.1 Å². The van der Waals surface area contributed by atoms with Crippen molar-refractivity contribution in [1.82, 2.24) is 4.90 Å². The summed E-state index contributed by atoms with van der Waals surface area (Å²) in [5.74, 6) is -3.12. The van der Waals surface area contributed by atoms with E-state index in [9.17, 15) is 24.5 Å². The lowest BCUT2D eigenvalue weighted by Gasteiger charge is -2.35. The molecule has 0 bridgehead atoms. The van der Waals surface area contributed by atoms with Gasteiger partial charge < -0.3 is 4.90 Å². The van der Waals surface area contributed by atoms with Crippen molar-refractivity contribution in [3.63, 3.8) is 0 Å². The summed E-state index contributed by atoms with van der Waals surface area (Å²) in [6.07, 6.45) is 3.60. The van der Waals surface area contributed by atoms with Crippen LogP contribution < -0.4 is 4.90 Å². The molecule has 2 amide bonds. The molecular formula is C27H18ClN3O5. The van der Waals surface area contributed by atoms with Gasteiger partial charge in [-0.15, -0.1) is 0 Å². The van der Waals surface area contributed by atoms with Crippen LogP contribution in [0, 0.1) is 22.0 Å². The number of non-ortho nitro benzene ring substituents is 1. The average Bonchev–Trinajstić information content (AvgIpc) is 3.36. The third-order valence-electron chi connectivity index (χ3n) is 7.14. The number of hydrogen-bond donors (Lipinski definition) is 0. The van der Waals surface area contributed by atoms with E-state index in [2.05, 4.69) is 0 Å². The maximum absolute atomic E-state index is 13.9. The Morgan fingerprint density at radius 3 is 2.44 bits per heavy atom. The molecule has 3 aliphatic heterocycles. The minimum atomic E-state index is -1.01. The first-order chi connectivity index (χ1) is 17.4. The molecule has 8 nitrogen and oxygen atoms in total.